The van der Waals surface area contributed by atoms with Crippen LogP contribution in [0.25, 0.3) is 10.9 Å². The van der Waals surface area contributed by atoms with E-state index in [1.807, 2.05) is 18.2 Å². The molecule has 0 saturated carbocycles. The van der Waals surface area contributed by atoms with Gasteiger partial charge in [0.25, 0.3) is 11.5 Å². The molecule has 0 unspecified atom stereocenters. The van der Waals surface area contributed by atoms with Gasteiger partial charge in [0.15, 0.2) is 0 Å². The second-order valence-electron chi connectivity index (χ2n) is 5.13. The van der Waals surface area contributed by atoms with Crippen LogP contribution in [0.15, 0.2) is 64.5 Å². The fourth-order valence-electron chi connectivity index (χ4n) is 2.13. The zero-order valence-electron chi connectivity index (χ0n) is 12.8. The first-order valence-electron chi connectivity index (χ1n) is 7.24. The van der Waals surface area contributed by atoms with Crippen molar-refractivity contribution in [1.82, 2.24) is 9.66 Å². The predicted octanol–water partition coefficient (Wildman–Crippen LogP) is 3.30. The van der Waals surface area contributed by atoms with Gasteiger partial charge in [0, 0.05) is 9.92 Å². The van der Waals surface area contributed by atoms with Crippen LogP contribution in [0.5, 0.6) is 0 Å². The Labute approximate surface area is 147 Å². The van der Waals surface area contributed by atoms with Crippen LogP contribution in [0.3, 0.4) is 0 Å². The Bertz CT molecular complexity index is 940. The summed E-state index contributed by atoms with van der Waals surface area (Å²) in [7, 11) is 0. The molecule has 1 N–H and O–H groups in total. The van der Waals surface area contributed by atoms with E-state index in [0.29, 0.717) is 15.9 Å². The minimum absolute atomic E-state index is 0.283. The maximum absolute atomic E-state index is 12.4. The third kappa shape index (κ3) is 3.60. The molecule has 0 aliphatic rings. The Kier molecular flexibility index (Phi) is 4.87. The third-order valence-electron chi connectivity index (χ3n) is 3.39. The van der Waals surface area contributed by atoms with Crippen LogP contribution in [-0.4, -0.2) is 20.8 Å². The number of carbonyl (C=O) groups excluding carboxylic acids is 1. The summed E-state index contributed by atoms with van der Waals surface area (Å²) in [5, 5.41) is 0.716. The lowest BCUT2D eigenvalue weighted by Crippen LogP contribution is -2.36. The lowest BCUT2D eigenvalue weighted by Gasteiger charge is -2.13. The molecule has 0 saturated heterocycles. The van der Waals surface area contributed by atoms with Crippen LogP contribution in [0, 0.1) is 0 Å². The zero-order valence-corrected chi connectivity index (χ0v) is 14.3. The van der Waals surface area contributed by atoms with Gasteiger partial charge in [-0.1, -0.05) is 23.7 Å². The van der Waals surface area contributed by atoms with E-state index >= 15 is 0 Å². The number of rotatable bonds is 4. The molecule has 1 amide bonds. The molecule has 0 radical (unpaired) electrons. The first-order chi connectivity index (χ1) is 11.5. The maximum atomic E-state index is 12.4. The molecule has 0 aliphatic heterocycles. The second-order valence-corrected chi connectivity index (χ2v) is 6.98. The van der Waals surface area contributed by atoms with Crippen molar-refractivity contribution in [3.63, 3.8) is 0 Å². The van der Waals surface area contributed by atoms with Gasteiger partial charge in [-0.3, -0.25) is 15.0 Å². The van der Waals surface area contributed by atoms with E-state index in [4.69, 9.17) is 11.6 Å². The van der Waals surface area contributed by atoms with E-state index in [1.54, 1.807) is 37.3 Å². The van der Waals surface area contributed by atoms with Gasteiger partial charge in [0.2, 0.25) is 0 Å². The molecule has 0 fully saturated rings. The van der Waals surface area contributed by atoms with Gasteiger partial charge in [-0.2, -0.15) is 0 Å². The van der Waals surface area contributed by atoms with Crippen molar-refractivity contribution < 1.29 is 4.79 Å². The van der Waals surface area contributed by atoms with Gasteiger partial charge in [-0.15, -0.1) is 11.8 Å². The highest BCUT2D eigenvalue weighted by molar-refractivity contribution is 8.00. The van der Waals surface area contributed by atoms with Crippen molar-refractivity contribution in [2.24, 2.45) is 0 Å². The maximum Gasteiger partial charge on any atom is 0.280 e. The number of fused-ring (bicyclic) bond motifs is 1. The lowest BCUT2D eigenvalue weighted by molar-refractivity contribution is -0.116. The highest BCUT2D eigenvalue weighted by atomic mass is 35.5. The average Bonchev–Trinajstić information content (AvgIpc) is 2.59. The molecular formula is C17H14ClN3O2S. The van der Waals surface area contributed by atoms with Crippen molar-refractivity contribution in [1.29, 1.82) is 0 Å². The fraction of sp³-hybridized carbons (Fsp3) is 0.118. The summed E-state index contributed by atoms with van der Waals surface area (Å²) in [6, 6.07) is 14.2. The normalized spacial score (nSPS) is 12.1. The molecular weight excluding hydrogens is 346 g/mol. The molecule has 1 atom stereocenters. The number of carbonyl (C=O) groups is 1. The Morgan fingerprint density at radius 3 is 2.67 bits per heavy atom. The minimum Gasteiger partial charge on any atom is -0.272 e. The number of hydrogen-bond acceptors (Lipinski definition) is 4. The van der Waals surface area contributed by atoms with Crippen LogP contribution in [-0.2, 0) is 4.79 Å². The Morgan fingerprint density at radius 2 is 1.92 bits per heavy atom. The minimum atomic E-state index is -0.385. The predicted molar refractivity (Wildman–Crippen MR) is 97.1 cm³/mol. The highest BCUT2D eigenvalue weighted by Gasteiger charge is 2.16. The summed E-state index contributed by atoms with van der Waals surface area (Å²) in [6.07, 6.45) is 1.32. The molecule has 0 bridgehead atoms. The molecule has 1 aromatic heterocycles. The number of nitrogens with one attached hydrogen (secondary N) is 1. The Hall–Kier alpha value is -2.31. The van der Waals surface area contributed by atoms with Crippen LogP contribution in [0.2, 0.25) is 5.02 Å². The second kappa shape index (κ2) is 7.07. The summed E-state index contributed by atoms with van der Waals surface area (Å²) in [5.41, 5.74) is 2.88. The number of nitrogens with zero attached hydrogens (tertiary/aromatic N) is 2. The number of hydrogen-bond donors (Lipinski definition) is 1. The van der Waals surface area contributed by atoms with Gasteiger partial charge in [0.1, 0.15) is 6.33 Å². The van der Waals surface area contributed by atoms with Crippen LogP contribution in [0.4, 0.5) is 0 Å². The molecule has 5 nitrogen and oxygen atoms in total. The summed E-state index contributed by atoms with van der Waals surface area (Å²) in [6.45, 7) is 1.77. The Balaban J connectivity index is 1.75. The number of para-hydroxylation sites is 1. The van der Waals surface area contributed by atoms with E-state index in [1.165, 1.54) is 18.1 Å². The van der Waals surface area contributed by atoms with Crippen molar-refractivity contribution >= 4 is 40.2 Å². The molecule has 7 heteroatoms. The summed E-state index contributed by atoms with van der Waals surface area (Å²) in [4.78, 5) is 29.8. The van der Waals surface area contributed by atoms with Crippen molar-refractivity contribution in [3.05, 3.63) is 70.2 Å². The summed E-state index contributed by atoms with van der Waals surface area (Å²) < 4.78 is 1.11. The van der Waals surface area contributed by atoms with Gasteiger partial charge < -0.3 is 0 Å². The SMILES string of the molecule is C[C@H](Sc1ccc(Cl)cc1)C(=O)Nn1cnc2ccccc2c1=O. The monoisotopic (exact) mass is 359 g/mol. The molecule has 24 heavy (non-hydrogen) atoms. The van der Waals surface area contributed by atoms with Crippen molar-refractivity contribution in [2.75, 3.05) is 5.43 Å². The first kappa shape index (κ1) is 16.5. The van der Waals surface area contributed by atoms with E-state index in [0.717, 1.165) is 9.57 Å². The Morgan fingerprint density at radius 1 is 1.21 bits per heavy atom. The largest absolute Gasteiger partial charge is 0.280 e. The standard InChI is InChI=1S/C17H14ClN3O2S/c1-11(24-13-8-6-12(18)7-9-13)16(22)20-21-10-19-15-5-3-2-4-14(15)17(21)23/h2-11H,1H3,(H,20,22)/t11-/m0/s1. The smallest absolute Gasteiger partial charge is 0.272 e. The van der Waals surface area contributed by atoms with Crippen LogP contribution < -0.4 is 11.0 Å². The number of thioether (sulfide) groups is 1. The molecule has 0 aliphatic carbocycles. The number of amides is 1. The topological polar surface area (TPSA) is 64.0 Å². The number of halogens is 1. The molecule has 3 aromatic rings. The molecule has 122 valence electrons. The van der Waals surface area contributed by atoms with E-state index in [2.05, 4.69) is 10.4 Å². The average molecular weight is 360 g/mol. The van der Waals surface area contributed by atoms with Gasteiger partial charge in [0.05, 0.1) is 16.2 Å². The first-order valence-corrected chi connectivity index (χ1v) is 8.50. The van der Waals surface area contributed by atoms with Crippen LogP contribution >= 0.6 is 23.4 Å². The van der Waals surface area contributed by atoms with E-state index in [-0.39, 0.29) is 16.7 Å². The van der Waals surface area contributed by atoms with Crippen LogP contribution in [0.1, 0.15) is 6.92 Å². The van der Waals surface area contributed by atoms with Crippen molar-refractivity contribution in [2.45, 2.75) is 17.1 Å². The van der Waals surface area contributed by atoms with Crippen molar-refractivity contribution in [3.8, 4) is 0 Å². The molecule has 0 spiro atoms. The van der Waals surface area contributed by atoms with Gasteiger partial charge >= 0.3 is 0 Å². The number of aromatic nitrogens is 2. The third-order valence-corrected chi connectivity index (χ3v) is 4.76. The quantitative estimate of drug-likeness (QED) is 0.726. The van der Waals surface area contributed by atoms with Gasteiger partial charge in [-0.25, -0.2) is 9.66 Å². The summed E-state index contributed by atoms with van der Waals surface area (Å²) in [5.74, 6) is -0.283. The number of benzene rings is 2. The lowest BCUT2D eigenvalue weighted by atomic mass is 10.2. The van der Waals surface area contributed by atoms with E-state index < -0.39 is 0 Å². The molecule has 1 heterocycles. The highest BCUT2D eigenvalue weighted by Crippen LogP contribution is 2.24. The molecule has 2 aromatic carbocycles. The van der Waals surface area contributed by atoms with Gasteiger partial charge in [-0.05, 0) is 43.3 Å². The fourth-order valence-corrected chi connectivity index (χ4v) is 3.12. The summed E-state index contributed by atoms with van der Waals surface area (Å²) >= 11 is 7.23. The molecule has 3 rings (SSSR count). The zero-order chi connectivity index (χ0) is 17.1. The van der Waals surface area contributed by atoms with E-state index in [9.17, 15) is 9.59 Å².